The molecule has 1 aromatic carbocycles. The van der Waals surface area contributed by atoms with E-state index in [1.807, 2.05) is 0 Å². The number of anilines is 1. The highest BCUT2D eigenvalue weighted by Crippen LogP contribution is 2.32. The molecule has 85 heavy (non-hydrogen) atoms. The van der Waals surface area contributed by atoms with Crippen LogP contribution in [0.2, 0.25) is 0 Å². The van der Waals surface area contributed by atoms with Crippen LogP contribution in [0.4, 0.5) is 5.69 Å². The fourth-order valence-electron chi connectivity index (χ4n) is 8.46. The Kier molecular flexibility index (Phi) is 36.1. The number of hydrogen-bond acceptors (Lipinski definition) is 23. The maximum Gasteiger partial charge on any atom is 0.250 e. The summed E-state index contributed by atoms with van der Waals surface area (Å²) in [4.78, 5) is 163. The summed E-state index contributed by atoms with van der Waals surface area (Å²) in [5, 5.41) is 9.77. The van der Waals surface area contributed by atoms with Gasteiger partial charge in [0.15, 0.2) is 28.9 Å². The van der Waals surface area contributed by atoms with Crippen molar-refractivity contribution < 1.29 is 105 Å². The number of β-lactam (4-membered cyclic amide) rings is 1. The molecule has 27 nitrogen and oxygen atoms in total. The molecule has 28 heteroatoms. The van der Waals surface area contributed by atoms with E-state index in [4.69, 9.17) is 42.6 Å². The number of ether oxygens (including phenoxy) is 9. The van der Waals surface area contributed by atoms with E-state index in [1.54, 1.807) is 24.3 Å². The van der Waals surface area contributed by atoms with Crippen molar-refractivity contribution in [3.63, 3.8) is 0 Å². The lowest BCUT2D eigenvalue weighted by atomic mass is 9.72. The standard InChI is InChI=1S/C57H83N5O22S/c1-39(63)14-19-76-23-27-80-31-33-82-29-25-78-21-16-58-50(69)11-10-45-47(67)35-48(55(45)74)85-38-46(61-52(71)37-84-36-51(70)60-44-8-5-43(6-9-44)7-12-53(72)62-18-13-54(62)73)56(75)59-17-22-79-26-30-83-34-32-81-28-24-77-20-15-49(68)57(40(2)64,41(3)65)42(4)66/h5-6,8-9,45-46,48H,7,10-38H2,1-4H3,(H,58,69)(H,59,75)(H,60,70)(H,61,71)/t45?,46-,48?/m0/s1. The molecule has 1 aromatic rings. The van der Waals surface area contributed by atoms with Crippen molar-refractivity contribution in [3.8, 4) is 0 Å². The van der Waals surface area contributed by atoms with E-state index in [0.717, 1.165) is 38.1 Å². The first kappa shape index (κ1) is 73.2. The monoisotopic (exact) mass is 1220 g/mol. The van der Waals surface area contributed by atoms with Crippen LogP contribution in [-0.2, 0) is 111 Å². The first-order chi connectivity index (χ1) is 40.8. The van der Waals surface area contributed by atoms with Gasteiger partial charge in [0.05, 0.1) is 117 Å². The number of ketones is 7. The fraction of sp³-hybridized carbons (Fsp3) is 0.667. The summed E-state index contributed by atoms with van der Waals surface area (Å²) >= 11 is 1.01. The van der Waals surface area contributed by atoms with Gasteiger partial charge in [0, 0.05) is 69.6 Å². The van der Waals surface area contributed by atoms with Crippen LogP contribution in [0.1, 0.15) is 78.2 Å². The van der Waals surface area contributed by atoms with E-state index in [-0.39, 0.29) is 146 Å². The van der Waals surface area contributed by atoms with E-state index in [0.29, 0.717) is 71.1 Å². The molecule has 0 radical (unpaired) electrons. The second kappa shape index (κ2) is 41.9. The number of nitrogens with one attached hydrogen (secondary N) is 4. The van der Waals surface area contributed by atoms with Crippen LogP contribution in [-0.4, -0.2) is 236 Å². The number of benzene rings is 1. The van der Waals surface area contributed by atoms with Gasteiger partial charge in [0.2, 0.25) is 40.9 Å². The molecule has 1 heterocycles. The molecule has 1 saturated carbocycles. The molecule has 2 fully saturated rings. The second-order valence-electron chi connectivity index (χ2n) is 19.6. The number of thioether (sulfide) groups is 1. The lowest BCUT2D eigenvalue weighted by Crippen LogP contribution is -2.50. The van der Waals surface area contributed by atoms with Crippen LogP contribution in [0, 0.1) is 11.3 Å². The van der Waals surface area contributed by atoms with Crippen molar-refractivity contribution in [1.29, 1.82) is 0 Å². The van der Waals surface area contributed by atoms with Gasteiger partial charge >= 0.3 is 0 Å². The third kappa shape index (κ3) is 28.3. The van der Waals surface area contributed by atoms with Crippen LogP contribution < -0.4 is 21.3 Å². The number of amides is 6. The van der Waals surface area contributed by atoms with Gasteiger partial charge in [-0.1, -0.05) is 12.1 Å². The van der Waals surface area contributed by atoms with Crippen molar-refractivity contribution in [3.05, 3.63) is 29.8 Å². The van der Waals surface area contributed by atoms with Crippen molar-refractivity contribution in [2.24, 2.45) is 11.3 Å². The zero-order chi connectivity index (χ0) is 62.4. The number of imide groups is 1. The average molecular weight is 1220 g/mol. The van der Waals surface area contributed by atoms with E-state index in [9.17, 15) is 62.3 Å². The van der Waals surface area contributed by atoms with Crippen molar-refractivity contribution in [2.45, 2.75) is 90.4 Å². The van der Waals surface area contributed by atoms with Gasteiger partial charge in [-0.15, -0.1) is 11.8 Å². The molecule has 2 unspecified atom stereocenters. The molecule has 4 N–H and O–H groups in total. The molecule has 3 atom stereocenters. The molecular formula is C57H83N5O22S. The number of Topliss-reactive ketones (excluding diaryl/α,β-unsaturated/α-hetero) is 7. The maximum atomic E-state index is 13.5. The Morgan fingerprint density at radius 2 is 1.07 bits per heavy atom. The zero-order valence-electron chi connectivity index (χ0n) is 49.1. The normalized spacial score (nSPS) is 15.2. The molecular weight excluding hydrogens is 1140 g/mol. The summed E-state index contributed by atoms with van der Waals surface area (Å²) < 4.78 is 48.8. The van der Waals surface area contributed by atoms with Crippen LogP contribution in [0.5, 0.6) is 0 Å². The molecule has 6 amide bonds. The molecule has 1 saturated heterocycles. The molecule has 3 rings (SSSR count). The van der Waals surface area contributed by atoms with Gasteiger partial charge in [0.1, 0.15) is 30.8 Å². The van der Waals surface area contributed by atoms with Gasteiger partial charge in [-0.25, -0.2) is 0 Å². The Labute approximate surface area is 498 Å². The highest BCUT2D eigenvalue weighted by atomic mass is 32.2. The van der Waals surface area contributed by atoms with Gasteiger partial charge in [-0.05, 0) is 58.2 Å². The Bertz CT molecular complexity index is 2350. The SMILES string of the molecule is CC(=O)CCOCCOCCOCCOCCNC(=O)CCC1C(=O)CC(SC[C@H](NC(=O)COCC(=O)Nc2ccc(CCC(=O)N3CCC3=O)cc2)C(=O)NCCOCCOCCOCCOCCC(=O)C(C(C)=O)(C(C)=O)C(C)=O)C1=O. The number of aryl methyl sites for hydroxylation is 1. The van der Waals surface area contributed by atoms with Gasteiger partial charge in [-0.3, -0.25) is 67.2 Å². The molecule has 474 valence electrons. The third-order valence-electron chi connectivity index (χ3n) is 13.1. The molecule has 2 aliphatic rings. The minimum Gasteiger partial charge on any atom is -0.379 e. The summed E-state index contributed by atoms with van der Waals surface area (Å²) in [5.74, 6) is -7.86. The molecule has 0 spiro atoms. The summed E-state index contributed by atoms with van der Waals surface area (Å²) in [6.07, 6.45) is 0.781. The number of rotatable bonds is 50. The topological polar surface area (TPSA) is 356 Å². The minimum absolute atomic E-state index is 0.00816. The quantitative estimate of drug-likeness (QED) is 0.0376. The predicted molar refractivity (Wildman–Crippen MR) is 303 cm³/mol. The van der Waals surface area contributed by atoms with Gasteiger partial charge in [-0.2, -0.15) is 0 Å². The first-order valence-electron chi connectivity index (χ1n) is 28.3. The Morgan fingerprint density at radius 3 is 1.56 bits per heavy atom. The van der Waals surface area contributed by atoms with Crippen molar-refractivity contribution in [1.82, 2.24) is 20.9 Å². The lowest BCUT2D eigenvalue weighted by Gasteiger charge is -2.28. The summed E-state index contributed by atoms with van der Waals surface area (Å²) in [6, 6.07) is 5.52. The predicted octanol–water partition coefficient (Wildman–Crippen LogP) is -0.0850. The largest absolute Gasteiger partial charge is 0.379 e. The maximum absolute atomic E-state index is 13.5. The third-order valence-corrected chi connectivity index (χ3v) is 14.4. The Hall–Kier alpha value is -6.08. The minimum atomic E-state index is -2.31. The number of nitrogens with zero attached hydrogens (tertiary/aromatic N) is 1. The fourth-order valence-corrected chi connectivity index (χ4v) is 9.73. The summed E-state index contributed by atoms with van der Waals surface area (Å²) in [7, 11) is 0. The molecule has 1 aliphatic heterocycles. The average Bonchev–Trinajstić information content (AvgIpc) is 3.92. The van der Waals surface area contributed by atoms with E-state index < -0.39 is 82.5 Å². The number of likely N-dealkylation sites (tertiary alicyclic amines) is 1. The lowest BCUT2D eigenvalue weighted by molar-refractivity contribution is -0.155. The van der Waals surface area contributed by atoms with Crippen molar-refractivity contribution >= 4 is 93.4 Å². The summed E-state index contributed by atoms with van der Waals surface area (Å²) in [6.45, 7) is 7.69. The van der Waals surface area contributed by atoms with Crippen LogP contribution in [0.3, 0.4) is 0 Å². The van der Waals surface area contributed by atoms with Crippen molar-refractivity contribution in [2.75, 3.05) is 150 Å². The van der Waals surface area contributed by atoms with E-state index in [1.165, 1.54) is 11.8 Å². The molecule has 0 aromatic heterocycles. The zero-order valence-corrected chi connectivity index (χ0v) is 49.9. The second-order valence-corrected chi connectivity index (χ2v) is 20.9. The Balaban J connectivity index is 1.37. The molecule has 0 bridgehead atoms. The number of hydrogen-bond donors (Lipinski definition) is 4. The first-order valence-corrected chi connectivity index (χ1v) is 29.3. The van der Waals surface area contributed by atoms with Crippen LogP contribution in [0.15, 0.2) is 24.3 Å². The summed E-state index contributed by atoms with van der Waals surface area (Å²) in [5.41, 5.74) is -1.05. The smallest absolute Gasteiger partial charge is 0.250 e. The highest BCUT2D eigenvalue weighted by Gasteiger charge is 2.51. The number of carbonyl (C=O) groups is 13. The number of carbonyl (C=O) groups excluding carboxylic acids is 13. The van der Waals surface area contributed by atoms with Crippen LogP contribution in [0.25, 0.3) is 0 Å². The van der Waals surface area contributed by atoms with Gasteiger partial charge in [0.25, 0.3) is 0 Å². The van der Waals surface area contributed by atoms with Gasteiger partial charge < -0.3 is 63.9 Å². The van der Waals surface area contributed by atoms with E-state index in [2.05, 4.69) is 21.3 Å². The Morgan fingerprint density at radius 1 is 0.576 bits per heavy atom. The molecule has 1 aliphatic carbocycles. The van der Waals surface area contributed by atoms with Crippen LogP contribution >= 0.6 is 11.8 Å². The highest BCUT2D eigenvalue weighted by molar-refractivity contribution is 8.00. The van der Waals surface area contributed by atoms with E-state index >= 15 is 0 Å².